The van der Waals surface area contributed by atoms with E-state index in [-0.39, 0.29) is 24.0 Å². The molecule has 0 aromatic rings. The number of nitrogens with two attached hydrogens (primary N) is 1. The molecule has 3 N–H and O–H groups in total. The highest BCUT2D eigenvalue weighted by molar-refractivity contribution is 5.85. The van der Waals surface area contributed by atoms with Crippen molar-refractivity contribution in [2.75, 3.05) is 20.1 Å². The Morgan fingerprint density at radius 3 is 2.38 bits per heavy atom. The summed E-state index contributed by atoms with van der Waals surface area (Å²) in [5.41, 5.74) is 5.83. The normalized spacial score (nSPS) is 26.6. The molecule has 1 aliphatic rings. The Morgan fingerprint density at radius 2 is 1.88 bits per heavy atom. The summed E-state index contributed by atoms with van der Waals surface area (Å²) in [6.07, 6.45) is 4.49. The summed E-state index contributed by atoms with van der Waals surface area (Å²) in [5, 5.41) is 9.86. The van der Waals surface area contributed by atoms with Gasteiger partial charge in [0.15, 0.2) is 0 Å². The molecule has 0 bridgehead atoms. The van der Waals surface area contributed by atoms with Crippen molar-refractivity contribution in [2.45, 2.75) is 51.2 Å². The van der Waals surface area contributed by atoms with E-state index >= 15 is 0 Å². The van der Waals surface area contributed by atoms with Crippen molar-refractivity contribution in [3.8, 4) is 0 Å². The molecule has 0 aliphatic heterocycles. The van der Waals surface area contributed by atoms with Crippen LogP contribution in [-0.2, 0) is 0 Å². The van der Waals surface area contributed by atoms with Gasteiger partial charge in [-0.05, 0) is 39.7 Å². The first-order valence-corrected chi connectivity index (χ1v) is 6.04. The van der Waals surface area contributed by atoms with E-state index < -0.39 is 0 Å². The minimum Gasteiger partial charge on any atom is -0.393 e. The van der Waals surface area contributed by atoms with Gasteiger partial charge in [-0.3, -0.25) is 0 Å². The molecular weight excluding hydrogens is 224 g/mol. The minimum absolute atomic E-state index is 0. The molecule has 4 heteroatoms. The van der Waals surface area contributed by atoms with Gasteiger partial charge in [-0.2, -0.15) is 0 Å². The molecule has 2 unspecified atom stereocenters. The first-order chi connectivity index (χ1) is 6.88. The van der Waals surface area contributed by atoms with Gasteiger partial charge in [-0.25, -0.2) is 0 Å². The average Bonchev–Trinajstić information content (AvgIpc) is 2.05. The number of aliphatic hydroxyl groups excluding tert-OH is 1. The van der Waals surface area contributed by atoms with Crippen LogP contribution < -0.4 is 5.73 Å². The van der Waals surface area contributed by atoms with Gasteiger partial charge in [0.2, 0.25) is 0 Å². The fourth-order valence-electron chi connectivity index (χ4n) is 2.56. The lowest BCUT2D eigenvalue weighted by Crippen LogP contribution is -2.46. The highest BCUT2D eigenvalue weighted by atomic mass is 35.5. The second kappa shape index (κ2) is 6.80. The van der Waals surface area contributed by atoms with Gasteiger partial charge in [0.25, 0.3) is 0 Å². The lowest BCUT2D eigenvalue weighted by Gasteiger charge is -2.33. The van der Waals surface area contributed by atoms with Crippen LogP contribution in [0.1, 0.15) is 39.5 Å². The zero-order valence-corrected chi connectivity index (χ0v) is 11.6. The molecule has 3 nitrogen and oxygen atoms in total. The maximum atomic E-state index is 9.86. The van der Waals surface area contributed by atoms with Gasteiger partial charge < -0.3 is 15.7 Å². The minimum atomic E-state index is -0.144. The van der Waals surface area contributed by atoms with Crippen LogP contribution in [0.25, 0.3) is 0 Å². The summed E-state index contributed by atoms with van der Waals surface area (Å²) in [6.45, 7) is 5.94. The fourth-order valence-corrected chi connectivity index (χ4v) is 2.56. The Morgan fingerprint density at radius 1 is 1.31 bits per heavy atom. The SMILES string of the molecule is CN(CC1CCCCC1O)CC(C)(C)N.Cl. The van der Waals surface area contributed by atoms with Crippen molar-refractivity contribution >= 4 is 12.4 Å². The Bertz CT molecular complexity index is 194. The number of rotatable bonds is 4. The van der Waals surface area contributed by atoms with Crippen molar-refractivity contribution in [2.24, 2.45) is 11.7 Å². The third kappa shape index (κ3) is 6.04. The first kappa shape index (κ1) is 16.2. The molecule has 0 radical (unpaired) electrons. The number of aliphatic hydroxyl groups is 1. The molecule has 1 aliphatic carbocycles. The molecule has 2 atom stereocenters. The van der Waals surface area contributed by atoms with Gasteiger partial charge in [-0.1, -0.05) is 12.8 Å². The molecule has 98 valence electrons. The summed E-state index contributed by atoms with van der Waals surface area (Å²) in [6, 6.07) is 0. The number of hydrogen-bond acceptors (Lipinski definition) is 3. The van der Waals surface area contributed by atoms with Gasteiger partial charge >= 0.3 is 0 Å². The van der Waals surface area contributed by atoms with Crippen molar-refractivity contribution in [3.05, 3.63) is 0 Å². The molecule has 1 fully saturated rings. The van der Waals surface area contributed by atoms with Crippen molar-refractivity contribution in [1.29, 1.82) is 0 Å². The fraction of sp³-hybridized carbons (Fsp3) is 1.00. The summed E-state index contributed by atoms with van der Waals surface area (Å²) >= 11 is 0. The van der Waals surface area contributed by atoms with Crippen LogP contribution in [0.4, 0.5) is 0 Å². The maximum absolute atomic E-state index is 9.86. The van der Waals surface area contributed by atoms with Crippen LogP contribution in [0.3, 0.4) is 0 Å². The van der Waals surface area contributed by atoms with Crippen molar-refractivity contribution in [3.63, 3.8) is 0 Å². The van der Waals surface area contributed by atoms with Crippen LogP contribution in [0.15, 0.2) is 0 Å². The summed E-state index contributed by atoms with van der Waals surface area (Å²) < 4.78 is 0. The third-order valence-corrected chi connectivity index (χ3v) is 3.09. The summed E-state index contributed by atoms with van der Waals surface area (Å²) in [4.78, 5) is 2.25. The van der Waals surface area contributed by atoms with Crippen LogP contribution in [-0.4, -0.2) is 41.8 Å². The average molecular weight is 251 g/mol. The lowest BCUT2D eigenvalue weighted by molar-refractivity contribution is 0.0485. The Balaban J connectivity index is 0.00000225. The van der Waals surface area contributed by atoms with Gasteiger partial charge in [0.1, 0.15) is 0 Å². The third-order valence-electron chi connectivity index (χ3n) is 3.09. The molecule has 1 saturated carbocycles. The molecule has 1 rings (SSSR count). The van der Waals surface area contributed by atoms with Crippen molar-refractivity contribution < 1.29 is 5.11 Å². The molecule has 0 heterocycles. The molecule has 0 aromatic carbocycles. The van der Waals surface area contributed by atoms with Gasteiger partial charge in [0, 0.05) is 18.6 Å². The topological polar surface area (TPSA) is 49.5 Å². The summed E-state index contributed by atoms with van der Waals surface area (Å²) in [7, 11) is 2.09. The molecule has 0 spiro atoms. The molecule has 0 aromatic heterocycles. The Hall–Kier alpha value is 0.170. The van der Waals surface area contributed by atoms with E-state index in [1.807, 2.05) is 13.8 Å². The molecular formula is C12H27ClN2O. The highest BCUT2D eigenvalue weighted by Crippen LogP contribution is 2.25. The van der Waals surface area contributed by atoms with Crippen LogP contribution in [0.2, 0.25) is 0 Å². The molecule has 16 heavy (non-hydrogen) atoms. The van der Waals surface area contributed by atoms with E-state index in [0.717, 1.165) is 25.9 Å². The monoisotopic (exact) mass is 250 g/mol. The second-order valence-corrected chi connectivity index (χ2v) is 5.80. The smallest absolute Gasteiger partial charge is 0.0580 e. The standard InChI is InChI=1S/C12H26N2O.ClH/c1-12(2,13)9-14(3)8-10-6-4-5-7-11(10)15;/h10-11,15H,4-9,13H2,1-3H3;1H. The quantitative estimate of drug-likeness (QED) is 0.798. The Labute approximate surface area is 106 Å². The molecule has 0 saturated heterocycles. The van der Waals surface area contributed by atoms with E-state index in [9.17, 15) is 5.11 Å². The second-order valence-electron chi connectivity index (χ2n) is 5.80. The molecule has 0 amide bonds. The van der Waals surface area contributed by atoms with Crippen molar-refractivity contribution in [1.82, 2.24) is 4.90 Å². The maximum Gasteiger partial charge on any atom is 0.0580 e. The zero-order chi connectivity index (χ0) is 11.5. The first-order valence-electron chi connectivity index (χ1n) is 6.04. The van der Waals surface area contributed by atoms with E-state index in [1.165, 1.54) is 12.8 Å². The van der Waals surface area contributed by atoms with Gasteiger partial charge in [-0.15, -0.1) is 12.4 Å². The lowest BCUT2D eigenvalue weighted by atomic mass is 9.86. The predicted molar refractivity (Wildman–Crippen MR) is 71.0 cm³/mol. The largest absolute Gasteiger partial charge is 0.393 e. The number of hydrogen-bond donors (Lipinski definition) is 2. The van der Waals surface area contributed by atoms with E-state index in [2.05, 4.69) is 11.9 Å². The van der Waals surface area contributed by atoms with E-state index in [1.54, 1.807) is 0 Å². The van der Waals surface area contributed by atoms with Crippen LogP contribution in [0, 0.1) is 5.92 Å². The summed E-state index contributed by atoms with van der Waals surface area (Å²) in [5.74, 6) is 0.450. The highest BCUT2D eigenvalue weighted by Gasteiger charge is 2.25. The van der Waals surface area contributed by atoms with E-state index in [4.69, 9.17) is 5.73 Å². The zero-order valence-electron chi connectivity index (χ0n) is 10.8. The number of halogens is 1. The van der Waals surface area contributed by atoms with Crippen LogP contribution >= 0.6 is 12.4 Å². The van der Waals surface area contributed by atoms with Gasteiger partial charge in [0.05, 0.1) is 6.10 Å². The Kier molecular flexibility index (Phi) is 6.87. The van der Waals surface area contributed by atoms with E-state index in [0.29, 0.717) is 5.92 Å². The number of likely N-dealkylation sites (N-methyl/N-ethyl adjacent to an activating group) is 1. The number of nitrogens with zero attached hydrogens (tertiary/aromatic N) is 1. The predicted octanol–water partition coefficient (Wildman–Crippen LogP) is 1.63. The van der Waals surface area contributed by atoms with Crippen LogP contribution in [0.5, 0.6) is 0 Å².